The van der Waals surface area contributed by atoms with Crippen molar-refractivity contribution in [1.29, 1.82) is 0 Å². The van der Waals surface area contributed by atoms with Gasteiger partial charge in [-0.1, -0.05) is 18.2 Å². The Hall–Kier alpha value is -1.66. The van der Waals surface area contributed by atoms with Gasteiger partial charge in [-0.3, -0.25) is 0 Å². The topological polar surface area (TPSA) is 70.8 Å². The predicted molar refractivity (Wildman–Crippen MR) is 78.0 cm³/mol. The lowest BCUT2D eigenvalue weighted by molar-refractivity contribution is 0.0602. The van der Waals surface area contributed by atoms with Crippen molar-refractivity contribution in [2.24, 2.45) is 0 Å². The summed E-state index contributed by atoms with van der Waals surface area (Å²) in [6.45, 7) is 7.48. The second kappa shape index (κ2) is 5.03. The molecule has 5 nitrogen and oxygen atoms in total. The van der Waals surface area contributed by atoms with E-state index in [0.717, 1.165) is 0 Å². The Morgan fingerprint density at radius 2 is 2.15 bits per heavy atom. The SMILES string of the molecule is C=C1OB(c2cc(N)c(C(=O)OC)cc2Cl)OC1(C)C. The number of esters is 1. The first-order chi connectivity index (χ1) is 9.26. The van der Waals surface area contributed by atoms with Crippen molar-refractivity contribution in [2.75, 3.05) is 12.8 Å². The Kier molecular flexibility index (Phi) is 3.71. The van der Waals surface area contributed by atoms with Crippen LogP contribution in [-0.4, -0.2) is 25.8 Å². The van der Waals surface area contributed by atoms with Crippen LogP contribution >= 0.6 is 11.6 Å². The van der Waals surface area contributed by atoms with E-state index in [0.29, 0.717) is 16.2 Å². The molecule has 1 saturated heterocycles. The molecule has 20 heavy (non-hydrogen) atoms. The number of ether oxygens (including phenoxy) is 1. The van der Waals surface area contributed by atoms with Crippen LogP contribution in [0.4, 0.5) is 5.69 Å². The largest absolute Gasteiger partial charge is 0.564 e. The fourth-order valence-corrected chi connectivity index (χ4v) is 2.08. The van der Waals surface area contributed by atoms with E-state index in [-0.39, 0.29) is 11.3 Å². The zero-order valence-corrected chi connectivity index (χ0v) is 12.3. The van der Waals surface area contributed by atoms with Crippen LogP contribution in [0.25, 0.3) is 0 Å². The Morgan fingerprint density at radius 1 is 1.50 bits per heavy atom. The van der Waals surface area contributed by atoms with Crippen molar-refractivity contribution in [1.82, 2.24) is 0 Å². The van der Waals surface area contributed by atoms with Gasteiger partial charge in [-0.05, 0) is 26.0 Å². The zero-order valence-electron chi connectivity index (χ0n) is 11.5. The molecule has 2 rings (SSSR count). The normalized spacial score (nSPS) is 17.0. The monoisotopic (exact) mass is 295 g/mol. The van der Waals surface area contributed by atoms with Crippen LogP contribution < -0.4 is 11.2 Å². The molecule has 7 heteroatoms. The number of nitrogens with two attached hydrogens (primary N) is 1. The highest BCUT2D eigenvalue weighted by molar-refractivity contribution is 6.66. The molecule has 0 aliphatic carbocycles. The summed E-state index contributed by atoms with van der Waals surface area (Å²) in [5.74, 6) is -0.0388. The maximum atomic E-state index is 11.5. The van der Waals surface area contributed by atoms with E-state index >= 15 is 0 Å². The van der Waals surface area contributed by atoms with E-state index in [4.69, 9.17) is 26.6 Å². The first-order valence-electron chi connectivity index (χ1n) is 5.97. The molecular formula is C13H15BClNO4. The molecule has 0 radical (unpaired) electrons. The van der Waals surface area contributed by atoms with Crippen LogP contribution in [-0.2, 0) is 14.0 Å². The quantitative estimate of drug-likeness (QED) is 0.511. The molecule has 1 fully saturated rings. The van der Waals surface area contributed by atoms with Gasteiger partial charge in [0.25, 0.3) is 0 Å². The lowest BCUT2D eigenvalue weighted by Gasteiger charge is -2.16. The molecule has 0 saturated carbocycles. The number of carbonyl (C=O) groups is 1. The Labute approximate surface area is 122 Å². The molecular weight excluding hydrogens is 280 g/mol. The van der Waals surface area contributed by atoms with Crippen molar-refractivity contribution in [3.63, 3.8) is 0 Å². The first-order valence-corrected chi connectivity index (χ1v) is 6.35. The average molecular weight is 296 g/mol. The number of hydrogen-bond donors (Lipinski definition) is 1. The lowest BCUT2D eigenvalue weighted by Crippen LogP contribution is -2.35. The van der Waals surface area contributed by atoms with Crippen molar-refractivity contribution in [3.05, 3.63) is 35.1 Å². The van der Waals surface area contributed by atoms with Crippen LogP contribution in [0.3, 0.4) is 0 Å². The van der Waals surface area contributed by atoms with E-state index in [9.17, 15) is 4.79 Å². The van der Waals surface area contributed by atoms with E-state index in [1.807, 2.05) is 13.8 Å². The van der Waals surface area contributed by atoms with Gasteiger partial charge in [-0.15, -0.1) is 0 Å². The van der Waals surface area contributed by atoms with Crippen molar-refractivity contribution in [2.45, 2.75) is 19.4 Å². The molecule has 2 N–H and O–H groups in total. The van der Waals surface area contributed by atoms with Gasteiger partial charge in [-0.2, -0.15) is 0 Å². The number of hydrogen-bond acceptors (Lipinski definition) is 5. The number of benzene rings is 1. The number of anilines is 1. The molecule has 1 aromatic carbocycles. The standard InChI is InChI=1S/C13H15BClNO4/c1-7-13(2,3)20-14(19-7)9-6-11(16)8(5-10(9)15)12(17)18-4/h5-6H,1,16H2,2-4H3. The third kappa shape index (κ3) is 2.49. The molecule has 1 aromatic rings. The second-order valence-electron chi connectivity index (χ2n) is 4.95. The van der Waals surface area contributed by atoms with Crippen molar-refractivity contribution >= 4 is 35.8 Å². The second-order valence-corrected chi connectivity index (χ2v) is 5.36. The molecule has 0 amide bonds. The third-order valence-electron chi connectivity index (χ3n) is 3.15. The van der Waals surface area contributed by atoms with Crippen LogP contribution in [0.5, 0.6) is 0 Å². The van der Waals surface area contributed by atoms with Crippen LogP contribution in [0.2, 0.25) is 5.02 Å². The molecule has 0 atom stereocenters. The minimum atomic E-state index is -0.695. The summed E-state index contributed by atoms with van der Waals surface area (Å²) in [4.78, 5) is 11.5. The molecule has 0 aromatic heterocycles. The highest BCUT2D eigenvalue weighted by Gasteiger charge is 2.44. The van der Waals surface area contributed by atoms with Gasteiger partial charge in [0.05, 0.1) is 18.4 Å². The molecule has 0 spiro atoms. The van der Waals surface area contributed by atoms with Crippen LogP contribution in [0, 0.1) is 0 Å². The maximum Gasteiger partial charge on any atom is 0.564 e. The fraction of sp³-hybridized carbons (Fsp3) is 0.308. The highest BCUT2D eigenvalue weighted by Crippen LogP contribution is 2.30. The molecule has 1 aliphatic heterocycles. The van der Waals surface area contributed by atoms with Gasteiger partial charge in [0.15, 0.2) is 0 Å². The van der Waals surface area contributed by atoms with E-state index in [2.05, 4.69) is 11.3 Å². The van der Waals surface area contributed by atoms with Gasteiger partial charge in [0.2, 0.25) is 0 Å². The third-order valence-corrected chi connectivity index (χ3v) is 3.48. The smallest absolute Gasteiger partial charge is 0.534 e. The summed E-state index contributed by atoms with van der Waals surface area (Å²) in [6.07, 6.45) is 0. The number of rotatable bonds is 2. The lowest BCUT2D eigenvalue weighted by atomic mass is 9.78. The Bertz CT molecular complexity index is 588. The summed E-state index contributed by atoms with van der Waals surface area (Å²) in [7, 11) is 0.582. The minimum Gasteiger partial charge on any atom is -0.534 e. The minimum absolute atomic E-state index is 0.206. The number of methoxy groups -OCH3 is 1. The number of nitrogen functional groups attached to an aromatic ring is 1. The van der Waals surface area contributed by atoms with Crippen LogP contribution in [0.1, 0.15) is 24.2 Å². The first kappa shape index (κ1) is 14.7. The highest BCUT2D eigenvalue weighted by atomic mass is 35.5. The molecule has 106 valence electrons. The van der Waals surface area contributed by atoms with Gasteiger partial charge in [0.1, 0.15) is 5.60 Å². The van der Waals surface area contributed by atoms with Gasteiger partial charge >= 0.3 is 13.1 Å². The van der Waals surface area contributed by atoms with Crippen molar-refractivity contribution in [3.8, 4) is 0 Å². The van der Waals surface area contributed by atoms with Crippen LogP contribution in [0.15, 0.2) is 24.5 Å². The molecule has 1 heterocycles. The van der Waals surface area contributed by atoms with E-state index < -0.39 is 18.7 Å². The summed E-state index contributed by atoms with van der Waals surface area (Å²) in [5, 5.41) is 0.315. The molecule has 0 bridgehead atoms. The zero-order chi connectivity index (χ0) is 15.1. The van der Waals surface area contributed by atoms with Gasteiger partial charge in [-0.25, -0.2) is 4.79 Å². The maximum absolute atomic E-state index is 11.5. The van der Waals surface area contributed by atoms with E-state index in [1.165, 1.54) is 13.2 Å². The predicted octanol–water partition coefficient (Wildman–Crippen LogP) is 1.74. The molecule has 0 unspecified atom stereocenters. The summed E-state index contributed by atoms with van der Waals surface area (Å²) >= 11 is 6.17. The van der Waals surface area contributed by atoms with Gasteiger partial charge in [0, 0.05) is 16.2 Å². The van der Waals surface area contributed by atoms with E-state index in [1.54, 1.807) is 6.07 Å². The summed E-state index contributed by atoms with van der Waals surface area (Å²) in [6, 6.07) is 2.99. The average Bonchev–Trinajstić information content (AvgIpc) is 2.65. The van der Waals surface area contributed by atoms with Crippen molar-refractivity contribution < 1.29 is 18.8 Å². The Balaban J connectivity index is 2.38. The number of halogens is 1. The number of carbonyl (C=O) groups excluding carboxylic acids is 1. The summed E-state index contributed by atoms with van der Waals surface area (Å²) < 4.78 is 15.9. The molecule has 1 aliphatic rings. The van der Waals surface area contributed by atoms with Gasteiger partial charge < -0.3 is 19.8 Å². The summed E-state index contributed by atoms with van der Waals surface area (Å²) in [5.41, 5.74) is 6.24. The Morgan fingerprint density at radius 3 is 2.65 bits per heavy atom. The fourth-order valence-electron chi connectivity index (χ4n) is 1.83.